The Labute approximate surface area is 252 Å². The molecular weight excluding hydrogens is 578 g/mol. The number of ether oxygens (including phenoxy) is 3. The minimum atomic E-state index is -1.46. The third-order valence-corrected chi connectivity index (χ3v) is 7.82. The van der Waals surface area contributed by atoms with Crippen molar-refractivity contribution in [3.05, 3.63) is 48.2 Å². The van der Waals surface area contributed by atoms with Gasteiger partial charge in [0.25, 0.3) is 0 Å². The SMILES string of the molecule is COc1ccc2nccc([C@@H](O)[C@H](O)CN(CC3CN(c4ccc5c(c4)NC(=O)CS5)C(=O)O3)C(=O)OC(C)(C)C)c2n1. The molecule has 43 heavy (non-hydrogen) atoms. The minimum Gasteiger partial charge on any atom is -0.481 e. The monoisotopic (exact) mass is 611 g/mol. The molecule has 1 fully saturated rings. The Bertz CT molecular complexity index is 1550. The van der Waals surface area contributed by atoms with Crippen molar-refractivity contribution in [3.63, 3.8) is 0 Å². The predicted molar refractivity (Wildman–Crippen MR) is 158 cm³/mol. The predicted octanol–water partition coefficient (Wildman–Crippen LogP) is 3.34. The normalized spacial score (nSPS) is 18.0. The van der Waals surface area contributed by atoms with Gasteiger partial charge in [0.15, 0.2) is 0 Å². The van der Waals surface area contributed by atoms with Crippen LogP contribution >= 0.6 is 11.8 Å². The van der Waals surface area contributed by atoms with E-state index in [1.165, 1.54) is 40.9 Å². The number of pyridine rings is 2. The van der Waals surface area contributed by atoms with Crippen LogP contribution < -0.4 is 15.0 Å². The molecule has 0 aliphatic carbocycles. The van der Waals surface area contributed by atoms with Crippen LogP contribution in [0, 0.1) is 0 Å². The molecule has 4 heterocycles. The summed E-state index contributed by atoms with van der Waals surface area (Å²) >= 11 is 1.41. The van der Waals surface area contributed by atoms with E-state index in [2.05, 4.69) is 15.3 Å². The lowest BCUT2D eigenvalue weighted by molar-refractivity contribution is -0.113. The summed E-state index contributed by atoms with van der Waals surface area (Å²) in [5.41, 5.74) is 1.43. The second-order valence-corrected chi connectivity index (χ2v) is 12.2. The zero-order chi connectivity index (χ0) is 30.9. The van der Waals surface area contributed by atoms with Gasteiger partial charge in [-0.25, -0.2) is 14.6 Å². The minimum absolute atomic E-state index is 0.107. The summed E-state index contributed by atoms with van der Waals surface area (Å²) in [5, 5.41) is 25.1. The molecule has 0 radical (unpaired) electrons. The molecule has 0 saturated carbocycles. The van der Waals surface area contributed by atoms with E-state index in [4.69, 9.17) is 14.2 Å². The van der Waals surface area contributed by atoms with Crippen LogP contribution in [-0.4, -0.2) is 93.5 Å². The van der Waals surface area contributed by atoms with Gasteiger partial charge in [0.1, 0.15) is 23.9 Å². The number of hydrogen-bond donors (Lipinski definition) is 3. The number of nitrogens with one attached hydrogen (secondary N) is 1. The van der Waals surface area contributed by atoms with Crippen LogP contribution in [0.25, 0.3) is 11.0 Å². The summed E-state index contributed by atoms with van der Waals surface area (Å²) in [7, 11) is 1.47. The van der Waals surface area contributed by atoms with Gasteiger partial charge in [-0.3, -0.25) is 14.7 Å². The van der Waals surface area contributed by atoms with Crippen molar-refractivity contribution >= 4 is 52.3 Å². The molecular formula is C29H33N5O8S. The fraction of sp³-hybridized carbons (Fsp3) is 0.414. The summed E-state index contributed by atoms with van der Waals surface area (Å²) in [6.07, 6.45) is -3.54. The summed E-state index contributed by atoms with van der Waals surface area (Å²) in [4.78, 5) is 50.1. The summed E-state index contributed by atoms with van der Waals surface area (Å²) in [5.74, 6) is 0.509. The molecule has 3 amide bonds. The Morgan fingerprint density at radius 1 is 1.23 bits per heavy atom. The zero-order valence-corrected chi connectivity index (χ0v) is 25.0. The molecule has 2 aliphatic heterocycles. The van der Waals surface area contributed by atoms with E-state index in [0.29, 0.717) is 39.6 Å². The Morgan fingerprint density at radius 3 is 2.77 bits per heavy atom. The number of nitrogens with zero attached hydrogens (tertiary/aromatic N) is 4. The summed E-state index contributed by atoms with van der Waals surface area (Å²) < 4.78 is 16.3. The van der Waals surface area contributed by atoms with Crippen LogP contribution in [0.3, 0.4) is 0 Å². The van der Waals surface area contributed by atoms with Crippen LogP contribution in [0.2, 0.25) is 0 Å². The topological polar surface area (TPSA) is 164 Å². The number of hydrogen-bond acceptors (Lipinski definition) is 11. The largest absolute Gasteiger partial charge is 0.481 e. The van der Waals surface area contributed by atoms with E-state index in [0.717, 1.165) is 4.90 Å². The second kappa shape index (κ2) is 12.2. The maximum absolute atomic E-state index is 13.2. The lowest BCUT2D eigenvalue weighted by Crippen LogP contribution is -2.46. The molecule has 3 N–H and O–H groups in total. The molecule has 1 unspecified atom stereocenters. The molecule has 3 aromatic rings. The number of aromatic nitrogens is 2. The van der Waals surface area contributed by atoms with Gasteiger partial charge < -0.3 is 34.6 Å². The van der Waals surface area contributed by atoms with E-state index in [1.54, 1.807) is 45.0 Å². The Morgan fingerprint density at radius 2 is 2.02 bits per heavy atom. The summed E-state index contributed by atoms with van der Waals surface area (Å²) in [6.45, 7) is 4.79. The number of fused-ring (bicyclic) bond motifs is 2. The number of cyclic esters (lactones) is 1. The average molecular weight is 612 g/mol. The molecule has 14 heteroatoms. The first-order valence-electron chi connectivity index (χ1n) is 13.6. The first-order chi connectivity index (χ1) is 20.4. The average Bonchev–Trinajstić information content (AvgIpc) is 3.34. The number of amides is 3. The highest BCUT2D eigenvalue weighted by Gasteiger charge is 2.37. The maximum atomic E-state index is 13.2. The molecule has 0 bridgehead atoms. The zero-order valence-electron chi connectivity index (χ0n) is 24.1. The quantitative estimate of drug-likeness (QED) is 0.342. The number of thioether (sulfide) groups is 1. The van der Waals surface area contributed by atoms with Gasteiger partial charge in [-0.15, -0.1) is 11.8 Å². The molecule has 2 aromatic heterocycles. The first kappa shape index (κ1) is 30.3. The van der Waals surface area contributed by atoms with Crippen molar-refractivity contribution in [2.45, 2.75) is 49.6 Å². The molecule has 1 aromatic carbocycles. The number of anilines is 2. The van der Waals surface area contributed by atoms with Gasteiger partial charge >= 0.3 is 12.2 Å². The lowest BCUT2D eigenvalue weighted by atomic mass is 10.0. The fourth-order valence-corrected chi connectivity index (χ4v) is 5.56. The highest BCUT2D eigenvalue weighted by atomic mass is 32.2. The van der Waals surface area contributed by atoms with Crippen molar-refractivity contribution in [1.29, 1.82) is 0 Å². The van der Waals surface area contributed by atoms with E-state index in [-0.39, 0.29) is 25.5 Å². The first-order valence-corrected chi connectivity index (χ1v) is 14.6. The van der Waals surface area contributed by atoms with Gasteiger partial charge in [0, 0.05) is 28.4 Å². The number of carbonyl (C=O) groups is 3. The standard InChI is InChI=1S/C29H33N5O8S/c1-29(2,3)42-27(38)33(14-21(35)26(37)18-9-10-30-19-6-8-24(40-4)32-25(18)19)12-17-13-34(28(39)41-17)16-5-7-22-20(11-16)31-23(36)15-43-22/h5-11,17,21,26,35,37H,12-15H2,1-4H3,(H,31,36)/t17?,21-,26-/m1/s1. The smallest absolute Gasteiger partial charge is 0.414 e. The Hall–Kier alpha value is -4.14. The van der Waals surface area contributed by atoms with E-state index >= 15 is 0 Å². The number of rotatable bonds is 8. The lowest BCUT2D eigenvalue weighted by Gasteiger charge is -2.31. The van der Waals surface area contributed by atoms with Gasteiger partial charge in [-0.2, -0.15) is 0 Å². The molecule has 0 spiro atoms. The number of methoxy groups -OCH3 is 1. The van der Waals surface area contributed by atoms with Crippen molar-refractivity contribution in [2.75, 3.05) is 42.7 Å². The van der Waals surface area contributed by atoms with Gasteiger partial charge in [0.2, 0.25) is 11.8 Å². The maximum Gasteiger partial charge on any atom is 0.414 e. The third-order valence-electron chi connectivity index (χ3n) is 6.75. The van der Waals surface area contributed by atoms with Crippen molar-refractivity contribution < 1.29 is 38.8 Å². The summed E-state index contributed by atoms with van der Waals surface area (Å²) in [6, 6.07) is 10.2. The Balaban J connectivity index is 1.34. The van der Waals surface area contributed by atoms with Gasteiger partial charge in [-0.05, 0) is 51.1 Å². The number of benzene rings is 1. The van der Waals surface area contributed by atoms with Crippen LogP contribution in [-0.2, 0) is 14.3 Å². The van der Waals surface area contributed by atoms with E-state index in [1.807, 2.05) is 6.07 Å². The molecule has 2 aliphatic rings. The molecule has 5 rings (SSSR count). The number of carbonyl (C=O) groups excluding carboxylic acids is 3. The van der Waals surface area contributed by atoms with Crippen LogP contribution in [0.5, 0.6) is 5.88 Å². The Kier molecular flexibility index (Phi) is 8.62. The molecule has 13 nitrogen and oxygen atoms in total. The van der Waals surface area contributed by atoms with E-state index < -0.39 is 36.1 Å². The van der Waals surface area contributed by atoms with Crippen molar-refractivity contribution in [2.24, 2.45) is 0 Å². The number of aliphatic hydroxyl groups is 2. The highest BCUT2D eigenvalue weighted by Crippen LogP contribution is 2.35. The molecule has 1 saturated heterocycles. The van der Waals surface area contributed by atoms with Crippen molar-refractivity contribution in [3.8, 4) is 5.88 Å². The van der Waals surface area contributed by atoms with Crippen LogP contribution in [0.1, 0.15) is 32.4 Å². The second-order valence-electron chi connectivity index (χ2n) is 11.2. The van der Waals surface area contributed by atoms with E-state index in [9.17, 15) is 24.6 Å². The van der Waals surface area contributed by atoms with Gasteiger partial charge in [0.05, 0.1) is 49.2 Å². The van der Waals surface area contributed by atoms with Crippen LogP contribution in [0.4, 0.5) is 21.0 Å². The highest BCUT2D eigenvalue weighted by molar-refractivity contribution is 8.00. The molecule has 3 atom stereocenters. The molecule has 228 valence electrons. The number of aliphatic hydroxyl groups excluding tert-OH is 2. The third kappa shape index (κ3) is 6.92. The van der Waals surface area contributed by atoms with Gasteiger partial charge in [-0.1, -0.05) is 0 Å². The van der Waals surface area contributed by atoms with Crippen molar-refractivity contribution in [1.82, 2.24) is 14.9 Å². The fourth-order valence-electron chi connectivity index (χ4n) is 4.77. The van der Waals surface area contributed by atoms with Crippen LogP contribution in [0.15, 0.2) is 47.5 Å².